The van der Waals surface area contributed by atoms with Gasteiger partial charge >= 0.3 is 0 Å². The molecule has 2 heterocycles. The Morgan fingerprint density at radius 3 is 2.34 bits per heavy atom. The Morgan fingerprint density at radius 1 is 1.11 bits per heavy atom. The van der Waals surface area contributed by atoms with E-state index < -0.39 is 5.91 Å². The lowest BCUT2D eigenvalue weighted by atomic mass is 9.95. The number of amides is 2. The minimum absolute atomic E-state index is 0.146. The first-order valence-corrected chi connectivity index (χ1v) is 12.0. The van der Waals surface area contributed by atoms with Gasteiger partial charge in [0.15, 0.2) is 5.69 Å². The van der Waals surface area contributed by atoms with Gasteiger partial charge in [0.05, 0.1) is 12.8 Å². The molecule has 0 atom stereocenters. The number of rotatable bonds is 8. The van der Waals surface area contributed by atoms with E-state index in [2.05, 4.69) is 36.4 Å². The average molecular weight is 474 g/mol. The molecular weight excluding hydrogens is 442 g/mol. The van der Waals surface area contributed by atoms with Crippen LogP contribution in [0, 0.1) is 0 Å². The van der Waals surface area contributed by atoms with Crippen LogP contribution in [-0.2, 0) is 11.8 Å². The van der Waals surface area contributed by atoms with Crippen molar-refractivity contribution in [2.24, 2.45) is 5.73 Å². The summed E-state index contributed by atoms with van der Waals surface area (Å²) in [7, 11) is 1.59. The summed E-state index contributed by atoms with van der Waals surface area (Å²) in [5.41, 5.74) is 9.73. The number of benzene rings is 2. The molecule has 8 heteroatoms. The number of hydrogen-bond acceptors (Lipinski definition) is 5. The van der Waals surface area contributed by atoms with E-state index >= 15 is 0 Å². The first-order chi connectivity index (χ1) is 16.8. The normalized spacial score (nSPS) is 16.3. The van der Waals surface area contributed by atoms with Crippen LogP contribution in [-0.4, -0.2) is 47.8 Å². The van der Waals surface area contributed by atoms with E-state index in [0.29, 0.717) is 41.7 Å². The minimum atomic E-state index is -0.635. The number of nitrogens with one attached hydrogen (secondary N) is 1. The maximum absolute atomic E-state index is 13.7. The zero-order valence-electron chi connectivity index (χ0n) is 20.4. The Kier molecular flexibility index (Phi) is 5.84. The summed E-state index contributed by atoms with van der Waals surface area (Å²) in [5, 5.41) is 8.00. The number of primary amides is 1. The van der Waals surface area contributed by atoms with Crippen molar-refractivity contribution in [2.75, 3.05) is 25.1 Å². The summed E-state index contributed by atoms with van der Waals surface area (Å²) < 4.78 is 6.76. The molecule has 0 bridgehead atoms. The second-order valence-corrected chi connectivity index (χ2v) is 9.72. The van der Waals surface area contributed by atoms with Crippen LogP contribution in [0.3, 0.4) is 0 Å². The van der Waals surface area contributed by atoms with Crippen LogP contribution in [0.5, 0.6) is 5.75 Å². The molecule has 1 fully saturated rings. The molecule has 35 heavy (non-hydrogen) atoms. The summed E-state index contributed by atoms with van der Waals surface area (Å²) in [6.07, 6.45) is 2.85. The average Bonchev–Trinajstić information content (AvgIpc) is 3.55. The van der Waals surface area contributed by atoms with Gasteiger partial charge in [-0.1, -0.05) is 26.0 Å². The molecule has 1 saturated carbocycles. The second kappa shape index (κ2) is 8.85. The van der Waals surface area contributed by atoms with Crippen molar-refractivity contribution in [3.05, 3.63) is 71.0 Å². The van der Waals surface area contributed by atoms with Crippen molar-refractivity contribution in [2.45, 2.75) is 44.6 Å². The molecule has 0 radical (unpaired) electrons. The molecule has 1 aliphatic heterocycles. The third-order valence-electron chi connectivity index (χ3n) is 7.06. The molecule has 3 aromatic rings. The minimum Gasteiger partial charge on any atom is -0.497 e. The number of carbonyl (C=O) groups is 2. The van der Waals surface area contributed by atoms with Crippen LogP contribution in [0.4, 0.5) is 5.69 Å². The fourth-order valence-corrected chi connectivity index (χ4v) is 4.83. The molecule has 3 N–H and O–H groups in total. The standard InChI is InChI=1S/C27H31N5O3/c1-17(2)29-16-27(13-14-27)18-4-6-19(7-5-18)31-15-12-22-23(25(28)33)30-32(24(22)26(31)34)20-8-10-21(35-3)11-9-20/h4-11,17,29H,12-16H2,1-3H3,(H2,28,33). The first-order valence-electron chi connectivity index (χ1n) is 12.0. The lowest BCUT2D eigenvalue weighted by molar-refractivity contribution is 0.0972. The van der Waals surface area contributed by atoms with Crippen molar-refractivity contribution in [1.29, 1.82) is 0 Å². The fourth-order valence-electron chi connectivity index (χ4n) is 4.83. The van der Waals surface area contributed by atoms with E-state index in [-0.39, 0.29) is 17.0 Å². The molecule has 2 aliphatic rings. The van der Waals surface area contributed by atoms with Gasteiger partial charge in [0, 0.05) is 35.8 Å². The Balaban J connectivity index is 1.46. The molecule has 8 nitrogen and oxygen atoms in total. The maximum atomic E-state index is 13.7. The molecule has 1 aliphatic carbocycles. The number of nitrogens with two attached hydrogens (primary N) is 1. The van der Waals surface area contributed by atoms with Gasteiger partial charge in [-0.05, 0) is 61.2 Å². The van der Waals surface area contributed by atoms with E-state index in [0.717, 1.165) is 12.2 Å². The number of aromatic nitrogens is 2. The zero-order chi connectivity index (χ0) is 24.7. The number of hydrogen-bond donors (Lipinski definition) is 2. The van der Waals surface area contributed by atoms with Gasteiger partial charge in [-0.2, -0.15) is 5.10 Å². The van der Waals surface area contributed by atoms with Gasteiger partial charge < -0.3 is 20.7 Å². The van der Waals surface area contributed by atoms with E-state index in [1.54, 1.807) is 36.3 Å². The van der Waals surface area contributed by atoms with Gasteiger partial charge in [-0.15, -0.1) is 0 Å². The maximum Gasteiger partial charge on any atom is 0.277 e. The topological polar surface area (TPSA) is 102 Å². The number of methoxy groups -OCH3 is 1. The Hall–Kier alpha value is -3.65. The van der Waals surface area contributed by atoms with Crippen LogP contribution < -0.4 is 20.7 Å². The third-order valence-corrected chi connectivity index (χ3v) is 7.06. The van der Waals surface area contributed by atoms with Crippen molar-refractivity contribution in [3.63, 3.8) is 0 Å². The van der Waals surface area contributed by atoms with Crippen molar-refractivity contribution < 1.29 is 14.3 Å². The highest BCUT2D eigenvalue weighted by molar-refractivity contribution is 6.09. The number of anilines is 1. The summed E-state index contributed by atoms with van der Waals surface area (Å²) in [4.78, 5) is 27.6. The van der Waals surface area contributed by atoms with Crippen LogP contribution in [0.1, 0.15) is 58.8 Å². The molecule has 0 unspecified atom stereocenters. The summed E-state index contributed by atoms with van der Waals surface area (Å²) >= 11 is 0. The molecule has 2 aromatic carbocycles. The lowest BCUT2D eigenvalue weighted by Gasteiger charge is -2.28. The highest BCUT2D eigenvalue weighted by Gasteiger charge is 2.44. The van der Waals surface area contributed by atoms with E-state index in [4.69, 9.17) is 10.5 Å². The molecule has 1 aromatic heterocycles. The SMILES string of the molecule is COc1ccc(-n2nc(C(N)=O)c3c2C(=O)N(c2ccc(C4(CNC(C)C)CC4)cc2)CC3)cc1. The molecule has 0 spiro atoms. The van der Waals surface area contributed by atoms with E-state index in [9.17, 15) is 9.59 Å². The lowest BCUT2D eigenvalue weighted by Crippen LogP contribution is -2.39. The molecule has 182 valence electrons. The van der Waals surface area contributed by atoms with Crippen LogP contribution in [0.2, 0.25) is 0 Å². The highest BCUT2D eigenvalue weighted by Crippen LogP contribution is 2.48. The summed E-state index contributed by atoms with van der Waals surface area (Å²) in [5.74, 6) is -0.142. The fraction of sp³-hybridized carbons (Fsp3) is 0.370. The van der Waals surface area contributed by atoms with Crippen LogP contribution in [0.25, 0.3) is 5.69 Å². The largest absolute Gasteiger partial charge is 0.497 e. The Bertz CT molecular complexity index is 1260. The number of ether oxygens (including phenoxy) is 1. The van der Waals surface area contributed by atoms with Gasteiger partial charge in [0.25, 0.3) is 11.8 Å². The van der Waals surface area contributed by atoms with Crippen LogP contribution in [0.15, 0.2) is 48.5 Å². The number of carbonyl (C=O) groups excluding carboxylic acids is 2. The smallest absolute Gasteiger partial charge is 0.277 e. The van der Waals surface area contributed by atoms with E-state index in [1.807, 2.05) is 12.1 Å². The Morgan fingerprint density at radius 2 is 1.77 bits per heavy atom. The molecular formula is C27H31N5O3. The number of fused-ring (bicyclic) bond motifs is 1. The third kappa shape index (κ3) is 4.18. The van der Waals surface area contributed by atoms with E-state index in [1.165, 1.54) is 23.1 Å². The second-order valence-electron chi connectivity index (χ2n) is 9.72. The Labute approximate surface area is 205 Å². The zero-order valence-corrected chi connectivity index (χ0v) is 20.4. The summed E-state index contributed by atoms with van der Waals surface area (Å²) in [6, 6.07) is 16.0. The van der Waals surface area contributed by atoms with Gasteiger partial charge in [-0.25, -0.2) is 4.68 Å². The van der Waals surface area contributed by atoms with Crippen molar-refractivity contribution >= 4 is 17.5 Å². The van der Waals surface area contributed by atoms with Crippen LogP contribution >= 0.6 is 0 Å². The quantitative estimate of drug-likeness (QED) is 0.523. The molecule has 0 saturated heterocycles. The predicted molar refractivity (Wildman–Crippen MR) is 135 cm³/mol. The highest BCUT2D eigenvalue weighted by atomic mass is 16.5. The number of nitrogens with zero attached hydrogens (tertiary/aromatic N) is 3. The van der Waals surface area contributed by atoms with Gasteiger partial charge in [0.2, 0.25) is 0 Å². The van der Waals surface area contributed by atoms with Crippen molar-refractivity contribution in [3.8, 4) is 11.4 Å². The molecule has 2 amide bonds. The first kappa shape index (κ1) is 23.1. The molecule has 5 rings (SSSR count). The van der Waals surface area contributed by atoms with Gasteiger partial charge in [0.1, 0.15) is 11.4 Å². The monoisotopic (exact) mass is 473 g/mol. The summed E-state index contributed by atoms with van der Waals surface area (Å²) in [6.45, 7) is 5.75. The van der Waals surface area contributed by atoms with Gasteiger partial charge in [-0.3, -0.25) is 9.59 Å². The predicted octanol–water partition coefficient (Wildman–Crippen LogP) is 3.21. The van der Waals surface area contributed by atoms with Crippen molar-refractivity contribution in [1.82, 2.24) is 15.1 Å².